The van der Waals surface area contributed by atoms with Crippen molar-refractivity contribution in [2.75, 3.05) is 0 Å². The first-order valence-corrected chi connectivity index (χ1v) is 5.15. The van der Waals surface area contributed by atoms with Crippen LogP contribution in [0.25, 0.3) is 0 Å². The number of hydrogen-bond donors (Lipinski definition) is 1. The predicted molar refractivity (Wildman–Crippen MR) is 46.6 cm³/mol. The minimum Gasteiger partial charge on any atom is -0.347 e. The first-order chi connectivity index (χ1) is 5.98. The summed E-state index contributed by atoms with van der Waals surface area (Å²) in [6.07, 6.45) is 3.02. The molecule has 5 heteroatoms. The average molecular weight is 254 g/mol. The summed E-state index contributed by atoms with van der Waals surface area (Å²) in [5, 5.41) is 2.37. The van der Waals surface area contributed by atoms with Crippen molar-refractivity contribution in [1.29, 1.82) is 0 Å². The Morgan fingerprint density at radius 3 is 2.54 bits per heavy atom. The molecule has 0 aromatic heterocycles. The topological polar surface area (TPSA) is 29.1 Å². The number of alkyl halides is 3. The van der Waals surface area contributed by atoms with E-state index in [1.54, 1.807) is 0 Å². The van der Waals surface area contributed by atoms with Crippen LogP contribution in [-0.4, -0.2) is 16.8 Å². The molecule has 3 unspecified atom stereocenters. The number of rotatable bonds is 2. The van der Waals surface area contributed by atoms with Gasteiger partial charge in [-0.15, -0.1) is 0 Å². The SMILES string of the molecule is O=C(NC1CCC2CC21)C(F)(F)Br. The molecule has 3 atom stereocenters. The molecule has 0 radical (unpaired) electrons. The van der Waals surface area contributed by atoms with Crippen LogP contribution >= 0.6 is 15.9 Å². The number of nitrogens with one attached hydrogen (secondary N) is 1. The Morgan fingerprint density at radius 2 is 2.15 bits per heavy atom. The highest BCUT2D eigenvalue weighted by molar-refractivity contribution is 9.10. The van der Waals surface area contributed by atoms with Crippen LogP contribution in [0.2, 0.25) is 0 Å². The maximum Gasteiger partial charge on any atom is 0.377 e. The Bertz CT molecular complexity index is 241. The lowest BCUT2D eigenvalue weighted by Gasteiger charge is -2.16. The van der Waals surface area contributed by atoms with Gasteiger partial charge in [0.25, 0.3) is 0 Å². The molecule has 0 aromatic carbocycles. The van der Waals surface area contributed by atoms with E-state index < -0.39 is 10.7 Å². The summed E-state index contributed by atoms with van der Waals surface area (Å²) in [5.74, 6) is -0.0434. The Morgan fingerprint density at radius 1 is 1.46 bits per heavy atom. The van der Waals surface area contributed by atoms with Crippen LogP contribution in [0.4, 0.5) is 8.78 Å². The zero-order valence-corrected chi connectivity index (χ0v) is 8.48. The summed E-state index contributed by atoms with van der Waals surface area (Å²) in [7, 11) is 0. The predicted octanol–water partition coefficient (Wildman–Crippen LogP) is 1.89. The summed E-state index contributed by atoms with van der Waals surface area (Å²) in [5.41, 5.74) is 0. The third kappa shape index (κ3) is 1.85. The maximum absolute atomic E-state index is 12.4. The van der Waals surface area contributed by atoms with Gasteiger partial charge in [-0.25, -0.2) is 0 Å². The molecule has 0 aromatic rings. The van der Waals surface area contributed by atoms with Crippen molar-refractivity contribution in [1.82, 2.24) is 5.32 Å². The molecule has 0 aliphatic heterocycles. The van der Waals surface area contributed by atoms with Crippen LogP contribution in [0.5, 0.6) is 0 Å². The quantitative estimate of drug-likeness (QED) is 0.749. The molecule has 2 aliphatic carbocycles. The Kier molecular flexibility index (Phi) is 2.09. The summed E-state index contributed by atoms with van der Waals surface area (Å²) in [6.45, 7) is 0. The molecular formula is C8H10BrF2NO. The van der Waals surface area contributed by atoms with Crippen molar-refractivity contribution >= 4 is 21.8 Å². The van der Waals surface area contributed by atoms with Crippen molar-refractivity contribution in [3.8, 4) is 0 Å². The Labute approximate surface area is 83.2 Å². The molecule has 74 valence electrons. The van der Waals surface area contributed by atoms with E-state index in [9.17, 15) is 13.6 Å². The molecule has 1 amide bonds. The molecule has 0 spiro atoms. The van der Waals surface area contributed by atoms with E-state index in [0.29, 0.717) is 11.8 Å². The second kappa shape index (κ2) is 2.90. The minimum atomic E-state index is -3.42. The molecular weight excluding hydrogens is 244 g/mol. The first-order valence-electron chi connectivity index (χ1n) is 4.36. The zero-order valence-electron chi connectivity index (χ0n) is 6.90. The third-order valence-electron chi connectivity index (χ3n) is 2.92. The van der Waals surface area contributed by atoms with E-state index in [1.807, 2.05) is 15.9 Å². The van der Waals surface area contributed by atoms with Gasteiger partial charge in [0.2, 0.25) is 0 Å². The van der Waals surface area contributed by atoms with Crippen molar-refractivity contribution in [3.63, 3.8) is 0 Å². The van der Waals surface area contributed by atoms with Crippen molar-refractivity contribution < 1.29 is 13.6 Å². The van der Waals surface area contributed by atoms with E-state index in [4.69, 9.17) is 0 Å². The van der Waals surface area contributed by atoms with Gasteiger partial charge in [0, 0.05) is 22.0 Å². The van der Waals surface area contributed by atoms with Crippen LogP contribution in [0.3, 0.4) is 0 Å². The molecule has 0 heterocycles. The fraction of sp³-hybridized carbons (Fsp3) is 0.875. The highest BCUT2D eigenvalue weighted by Crippen LogP contribution is 2.51. The van der Waals surface area contributed by atoms with E-state index >= 15 is 0 Å². The number of halogens is 3. The lowest BCUT2D eigenvalue weighted by Crippen LogP contribution is -2.42. The monoisotopic (exact) mass is 253 g/mol. The van der Waals surface area contributed by atoms with Gasteiger partial charge >= 0.3 is 10.7 Å². The number of fused-ring (bicyclic) bond motifs is 1. The van der Waals surface area contributed by atoms with Gasteiger partial charge in [-0.3, -0.25) is 4.79 Å². The molecule has 0 bridgehead atoms. The fourth-order valence-corrected chi connectivity index (χ4v) is 2.25. The molecule has 2 saturated carbocycles. The molecule has 2 nitrogen and oxygen atoms in total. The normalized spacial score (nSPS) is 37.0. The second-order valence-corrected chi connectivity index (χ2v) is 4.81. The van der Waals surface area contributed by atoms with Crippen molar-refractivity contribution in [2.45, 2.75) is 30.1 Å². The molecule has 2 fully saturated rings. The van der Waals surface area contributed by atoms with Gasteiger partial charge in [0.05, 0.1) is 0 Å². The van der Waals surface area contributed by atoms with Crippen LogP contribution in [0.1, 0.15) is 19.3 Å². The standard InChI is InChI=1S/C8H10BrF2NO/c9-8(10,11)7(13)12-6-2-1-4-3-5(4)6/h4-6H,1-3H2,(H,12,13). The molecule has 1 N–H and O–H groups in total. The van der Waals surface area contributed by atoms with Crippen molar-refractivity contribution in [2.24, 2.45) is 11.8 Å². The van der Waals surface area contributed by atoms with Gasteiger partial charge in [-0.1, -0.05) is 0 Å². The van der Waals surface area contributed by atoms with Crippen LogP contribution < -0.4 is 5.32 Å². The average Bonchev–Trinajstić information content (AvgIpc) is 2.68. The summed E-state index contributed by atoms with van der Waals surface area (Å²) in [4.78, 5) is 7.46. The van der Waals surface area contributed by atoms with Gasteiger partial charge < -0.3 is 5.32 Å². The number of carbonyl (C=O) groups is 1. The summed E-state index contributed by atoms with van der Waals surface area (Å²) < 4.78 is 24.8. The van der Waals surface area contributed by atoms with E-state index in [2.05, 4.69) is 5.32 Å². The van der Waals surface area contributed by atoms with E-state index in [0.717, 1.165) is 19.3 Å². The second-order valence-electron chi connectivity index (χ2n) is 3.81. The van der Waals surface area contributed by atoms with E-state index in [1.165, 1.54) is 0 Å². The smallest absolute Gasteiger partial charge is 0.347 e. The van der Waals surface area contributed by atoms with Gasteiger partial charge in [0.15, 0.2) is 0 Å². The highest BCUT2D eigenvalue weighted by atomic mass is 79.9. The van der Waals surface area contributed by atoms with Crippen LogP contribution in [0.15, 0.2) is 0 Å². The van der Waals surface area contributed by atoms with Gasteiger partial charge in [0.1, 0.15) is 0 Å². The Balaban J connectivity index is 1.87. The third-order valence-corrected chi connectivity index (χ3v) is 3.28. The van der Waals surface area contributed by atoms with Crippen molar-refractivity contribution in [3.05, 3.63) is 0 Å². The maximum atomic E-state index is 12.4. The van der Waals surface area contributed by atoms with E-state index in [-0.39, 0.29) is 6.04 Å². The van der Waals surface area contributed by atoms with Crippen LogP contribution in [0, 0.1) is 11.8 Å². The number of carbonyl (C=O) groups excluding carboxylic acids is 1. The number of hydrogen-bond acceptors (Lipinski definition) is 1. The largest absolute Gasteiger partial charge is 0.377 e. The van der Waals surface area contributed by atoms with Gasteiger partial charge in [-0.05, 0) is 31.1 Å². The molecule has 2 rings (SSSR count). The zero-order chi connectivity index (χ0) is 9.64. The Hall–Kier alpha value is -0.190. The summed E-state index contributed by atoms with van der Waals surface area (Å²) >= 11 is 2.04. The first kappa shape index (κ1) is 9.37. The summed E-state index contributed by atoms with van der Waals surface area (Å²) in [6, 6.07) is -0.0130. The fourth-order valence-electron chi connectivity index (χ4n) is 2.13. The highest BCUT2D eigenvalue weighted by Gasteiger charge is 2.50. The number of amides is 1. The lowest BCUT2D eigenvalue weighted by atomic mass is 10.2. The molecule has 13 heavy (non-hydrogen) atoms. The van der Waals surface area contributed by atoms with Crippen LogP contribution in [-0.2, 0) is 4.79 Å². The molecule has 2 aliphatic rings. The lowest BCUT2D eigenvalue weighted by molar-refractivity contribution is -0.135. The molecule has 0 saturated heterocycles. The van der Waals surface area contributed by atoms with Gasteiger partial charge in [-0.2, -0.15) is 8.78 Å². The minimum absolute atomic E-state index is 0.0130.